The van der Waals surface area contributed by atoms with Gasteiger partial charge in [0, 0.05) is 19.6 Å². The van der Waals surface area contributed by atoms with Gasteiger partial charge < -0.3 is 15.1 Å². The van der Waals surface area contributed by atoms with Crippen molar-refractivity contribution in [2.45, 2.75) is 62.3 Å². The molecule has 0 spiro atoms. The van der Waals surface area contributed by atoms with Crippen molar-refractivity contribution >= 4 is 55.1 Å². The summed E-state index contributed by atoms with van der Waals surface area (Å²) in [6.45, 7) is 30.3. The van der Waals surface area contributed by atoms with E-state index in [0.717, 1.165) is 89.0 Å². The minimum atomic E-state index is -2.92. The van der Waals surface area contributed by atoms with Crippen molar-refractivity contribution in [3.8, 4) is 0 Å². The second-order valence-electron chi connectivity index (χ2n) is 9.03. The summed E-state index contributed by atoms with van der Waals surface area (Å²) in [5, 5.41) is 32.5. The molecule has 0 aliphatic rings. The molecule has 0 saturated carbocycles. The van der Waals surface area contributed by atoms with E-state index in [1.807, 2.05) is 0 Å². The van der Waals surface area contributed by atoms with Gasteiger partial charge in [-0.2, -0.15) is 0 Å². The van der Waals surface area contributed by atoms with Crippen molar-refractivity contribution in [1.82, 2.24) is 15.0 Å². The summed E-state index contributed by atoms with van der Waals surface area (Å²) in [4.78, 5) is 0. The molecular formula is C24H60BBr3N6O3. The predicted octanol–water partition coefficient (Wildman–Crippen LogP) is 2.24. The summed E-state index contributed by atoms with van der Waals surface area (Å²) in [6, 6.07) is 0. The lowest BCUT2D eigenvalue weighted by Gasteiger charge is -2.40. The Hall–Kier alpha value is 1.14. The molecule has 0 atom stereocenters. The molecule has 0 bridgehead atoms. The van der Waals surface area contributed by atoms with Gasteiger partial charge in [-0.05, 0) is 62.3 Å². The molecule has 0 aromatic rings. The molecule has 13 heteroatoms. The van der Waals surface area contributed by atoms with Crippen molar-refractivity contribution in [2.75, 3.05) is 96.4 Å². The van der Waals surface area contributed by atoms with Gasteiger partial charge in [0.1, 0.15) is 16.4 Å². The third-order valence-electron chi connectivity index (χ3n) is 7.65. The maximum atomic E-state index is 8.42. The summed E-state index contributed by atoms with van der Waals surface area (Å²) < 4.78 is 3.09. The van der Waals surface area contributed by atoms with Crippen LogP contribution in [0, 0.1) is 0 Å². The highest BCUT2D eigenvalue weighted by molar-refractivity contribution is 9.09. The molecule has 0 N–H and O–H groups in total. The van der Waals surface area contributed by atoms with Crippen LogP contribution in [0.15, 0.2) is 0 Å². The van der Waals surface area contributed by atoms with Gasteiger partial charge in [-0.15, -0.1) is 15.0 Å². The first-order chi connectivity index (χ1) is 17.2. The fourth-order valence-electron chi connectivity index (χ4n) is 3.54. The van der Waals surface area contributed by atoms with Gasteiger partial charge in [-0.1, -0.05) is 47.8 Å². The molecule has 0 radical (unpaired) electrons. The predicted molar refractivity (Wildman–Crippen MR) is 166 cm³/mol. The second kappa shape index (κ2) is 26.1. The van der Waals surface area contributed by atoms with E-state index in [1.165, 1.54) is 0 Å². The molecular weight excluding hydrogens is 671 g/mol. The molecule has 0 aliphatic heterocycles. The first-order valence-corrected chi connectivity index (χ1v) is 17.0. The molecule has 0 aliphatic carbocycles. The number of nitrogens with zero attached hydrogens (tertiary/aromatic N) is 6. The average molecular weight is 731 g/mol. The minimum absolute atomic E-state index is 0.960. The number of halogens is 3. The Morgan fingerprint density at radius 2 is 0.595 bits per heavy atom. The SMILES string of the molecule is CCN(CBr)[N+](C)(CC)CC.CCN(CBr)[N+](C)(CC)CC.CCN(CBr)[N+](C)(CC)CC.[O-]B([O-])[O-]. The number of hydrogen-bond acceptors (Lipinski definition) is 6. The number of quaternary nitrogens is 3. The van der Waals surface area contributed by atoms with Crippen LogP contribution in [0.1, 0.15) is 62.3 Å². The van der Waals surface area contributed by atoms with E-state index in [-0.39, 0.29) is 0 Å². The highest BCUT2D eigenvalue weighted by Crippen LogP contribution is 2.11. The zero-order chi connectivity index (χ0) is 30.3. The van der Waals surface area contributed by atoms with Crippen LogP contribution in [-0.2, 0) is 0 Å². The Balaban J connectivity index is -0.000000205. The third kappa shape index (κ3) is 19.0. The standard InChI is InChI=1S/3C8H20BrN2.BO3/c3*1-5-10(8-9)11(4,6-2)7-3;2-1(3)4/h3*5-8H2,1-4H3;/q3*+1;-3. The van der Waals surface area contributed by atoms with Crippen LogP contribution in [0.4, 0.5) is 0 Å². The van der Waals surface area contributed by atoms with Crippen LogP contribution in [0.2, 0.25) is 0 Å². The summed E-state index contributed by atoms with van der Waals surface area (Å²) in [7, 11) is 3.89. The van der Waals surface area contributed by atoms with Gasteiger partial charge in [0.25, 0.3) is 0 Å². The lowest BCUT2D eigenvalue weighted by atomic mass is 10.3. The molecule has 0 unspecified atom stereocenters. The summed E-state index contributed by atoms with van der Waals surface area (Å²) in [5.41, 5.74) is 2.88. The average Bonchev–Trinajstić information content (AvgIpc) is 2.90. The Morgan fingerprint density at radius 3 is 0.622 bits per heavy atom. The fraction of sp³-hybridized carbons (Fsp3) is 1.00. The maximum absolute atomic E-state index is 8.42. The van der Waals surface area contributed by atoms with Gasteiger partial charge in [0.15, 0.2) is 0 Å². The van der Waals surface area contributed by atoms with E-state index < -0.39 is 7.32 Å². The van der Waals surface area contributed by atoms with E-state index in [0.29, 0.717) is 0 Å². The van der Waals surface area contributed by atoms with Crippen molar-refractivity contribution in [2.24, 2.45) is 0 Å². The second-order valence-corrected chi connectivity index (χ2v) is 10.5. The van der Waals surface area contributed by atoms with Gasteiger partial charge in [0.05, 0.1) is 60.4 Å². The highest BCUT2D eigenvalue weighted by atomic mass is 79.9. The van der Waals surface area contributed by atoms with E-state index in [2.05, 4.69) is 146 Å². The quantitative estimate of drug-likeness (QED) is 0.0847. The van der Waals surface area contributed by atoms with Crippen LogP contribution < -0.4 is 15.1 Å². The van der Waals surface area contributed by atoms with Crippen LogP contribution >= 0.6 is 47.8 Å². The summed E-state index contributed by atoms with van der Waals surface area (Å²) in [6.07, 6.45) is 0. The summed E-state index contributed by atoms with van der Waals surface area (Å²) >= 11 is 10.5. The van der Waals surface area contributed by atoms with E-state index in [9.17, 15) is 0 Å². The molecule has 0 amide bonds. The van der Waals surface area contributed by atoms with E-state index in [4.69, 9.17) is 15.1 Å². The smallest absolute Gasteiger partial charge is 0.103 e. The van der Waals surface area contributed by atoms with Gasteiger partial charge in [-0.3, -0.25) is 7.32 Å². The monoisotopic (exact) mass is 728 g/mol. The Labute approximate surface area is 256 Å². The molecule has 0 rings (SSSR count). The van der Waals surface area contributed by atoms with Crippen LogP contribution in [-0.4, -0.2) is 133 Å². The Bertz CT molecular complexity index is 414. The molecule has 0 heterocycles. The van der Waals surface area contributed by atoms with E-state index >= 15 is 0 Å². The van der Waals surface area contributed by atoms with Crippen LogP contribution in [0.3, 0.4) is 0 Å². The number of hydrogen-bond donors (Lipinski definition) is 0. The first-order valence-electron chi connectivity index (χ1n) is 13.6. The van der Waals surface area contributed by atoms with Crippen LogP contribution in [0.25, 0.3) is 0 Å². The molecule has 0 saturated heterocycles. The lowest BCUT2D eigenvalue weighted by Crippen LogP contribution is -2.56. The largest absolute Gasteiger partial charge is 0.907 e. The number of rotatable bonds is 15. The van der Waals surface area contributed by atoms with Crippen molar-refractivity contribution < 1.29 is 28.8 Å². The number of alkyl halides is 3. The minimum Gasteiger partial charge on any atom is -0.907 e. The van der Waals surface area contributed by atoms with Crippen molar-refractivity contribution in [3.63, 3.8) is 0 Å². The molecule has 9 nitrogen and oxygen atoms in total. The zero-order valence-electron chi connectivity index (χ0n) is 26.1. The third-order valence-corrected chi connectivity index (χ3v) is 9.38. The van der Waals surface area contributed by atoms with Crippen molar-refractivity contribution in [3.05, 3.63) is 0 Å². The topological polar surface area (TPSA) is 78.9 Å². The zero-order valence-corrected chi connectivity index (χ0v) is 30.9. The summed E-state index contributed by atoms with van der Waals surface area (Å²) in [5.74, 6) is 0. The fourth-order valence-corrected chi connectivity index (χ4v) is 6.22. The Morgan fingerprint density at radius 1 is 0.459 bits per heavy atom. The molecule has 0 aromatic carbocycles. The highest BCUT2D eigenvalue weighted by Gasteiger charge is 2.25. The molecule has 0 fully saturated rings. The van der Waals surface area contributed by atoms with Gasteiger partial charge >= 0.3 is 0 Å². The van der Waals surface area contributed by atoms with Gasteiger partial charge in [0.2, 0.25) is 0 Å². The maximum Gasteiger partial charge on any atom is 0.103 e. The molecule has 37 heavy (non-hydrogen) atoms. The van der Waals surface area contributed by atoms with E-state index in [1.54, 1.807) is 0 Å². The Kier molecular flexibility index (Phi) is 31.8. The molecule has 228 valence electrons. The first kappa shape index (κ1) is 45.1. The molecule has 0 aromatic heterocycles. The van der Waals surface area contributed by atoms with Gasteiger partial charge in [-0.25, -0.2) is 13.8 Å². The van der Waals surface area contributed by atoms with Crippen LogP contribution in [0.5, 0.6) is 0 Å². The van der Waals surface area contributed by atoms with Crippen molar-refractivity contribution in [1.29, 1.82) is 0 Å². The lowest BCUT2D eigenvalue weighted by molar-refractivity contribution is -1.01. The normalized spacial score (nSPS) is 11.9.